The molecular weight excluding hydrogens is 326 g/mol. The van der Waals surface area contributed by atoms with E-state index in [2.05, 4.69) is 5.32 Å². The first-order valence-corrected chi connectivity index (χ1v) is 9.05. The molecular formula is C22H29NO3. The molecule has 0 fully saturated rings. The van der Waals surface area contributed by atoms with Gasteiger partial charge < -0.3 is 15.2 Å². The number of amides is 1. The number of aliphatic hydroxyl groups is 1. The quantitative estimate of drug-likeness (QED) is 0.704. The summed E-state index contributed by atoms with van der Waals surface area (Å²) < 4.78 is 5.82. The third kappa shape index (κ3) is 5.88. The molecule has 0 unspecified atom stereocenters. The Bertz CT molecular complexity index is 710. The molecule has 0 aliphatic rings. The summed E-state index contributed by atoms with van der Waals surface area (Å²) in [5.74, 6) is 0.932. The van der Waals surface area contributed by atoms with Gasteiger partial charge in [0.1, 0.15) is 5.75 Å². The number of nitrogens with one attached hydrogen (secondary N) is 1. The lowest BCUT2D eigenvalue weighted by Crippen LogP contribution is -2.23. The molecule has 2 aromatic rings. The average molecular weight is 355 g/mol. The fraction of sp³-hybridized carbons (Fsp3) is 0.409. The second kappa shape index (κ2) is 8.86. The standard InChI is InChI=1S/C22H29NO3/c1-16-7-5-8-17(2)21(16)26-14-6-9-20(24)23-15-18-10-12-19(13-11-18)22(3,4)25/h5,7-8,10-13,25H,6,9,14-15H2,1-4H3,(H,23,24). The van der Waals surface area contributed by atoms with Crippen LogP contribution in [-0.4, -0.2) is 17.6 Å². The Balaban J connectivity index is 1.71. The van der Waals surface area contributed by atoms with Gasteiger partial charge in [-0.3, -0.25) is 4.79 Å². The zero-order valence-electron chi connectivity index (χ0n) is 16.1. The molecule has 140 valence electrons. The fourth-order valence-electron chi connectivity index (χ4n) is 2.75. The summed E-state index contributed by atoms with van der Waals surface area (Å²) in [6.45, 7) is 8.58. The molecule has 0 radical (unpaired) electrons. The van der Waals surface area contributed by atoms with Gasteiger partial charge >= 0.3 is 0 Å². The van der Waals surface area contributed by atoms with E-state index in [1.54, 1.807) is 13.8 Å². The van der Waals surface area contributed by atoms with Crippen LogP contribution in [0.2, 0.25) is 0 Å². The van der Waals surface area contributed by atoms with Crippen LogP contribution in [0.3, 0.4) is 0 Å². The summed E-state index contributed by atoms with van der Waals surface area (Å²) in [5.41, 5.74) is 3.25. The van der Waals surface area contributed by atoms with Crippen LogP contribution in [0.25, 0.3) is 0 Å². The van der Waals surface area contributed by atoms with E-state index in [1.165, 1.54) is 0 Å². The number of rotatable bonds is 8. The van der Waals surface area contributed by atoms with E-state index < -0.39 is 5.60 Å². The highest BCUT2D eigenvalue weighted by Gasteiger charge is 2.15. The molecule has 0 bridgehead atoms. The van der Waals surface area contributed by atoms with E-state index >= 15 is 0 Å². The molecule has 4 heteroatoms. The number of benzene rings is 2. The largest absolute Gasteiger partial charge is 0.493 e. The lowest BCUT2D eigenvalue weighted by molar-refractivity contribution is -0.121. The highest BCUT2D eigenvalue weighted by molar-refractivity contribution is 5.75. The molecule has 0 saturated heterocycles. The van der Waals surface area contributed by atoms with E-state index in [9.17, 15) is 9.90 Å². The van der Waals surface area contributed by atoms with Gasteiger partial charge in [0.15, 0.2) is 0 Å². The molecule has 0 heterocycles. The van der Waals surface area contributed by atoms with Gasteiger partial charge in [-0.15, -0.1) is 0 Å². The second-order valence-electron chi connectivity index (χ2n) is 7.21. The van der Waals surface area contributed by atoms with Gasteiger partial charge in [0.2, 0.25) is 5.91 Å². The molecule has 0 saturated carbocycles. The van der Waals surface area contributed by atoms with Gasteiger partial charge in [-0.05, 0) is 56.4 Å². The molecule has 0 aromatic heterocycles. The summed E-state index contributed by atoms with van der Waals surface area (Å²) >= 11 is 0. The van der Waals surface area contributed by atoms with Crippen LogP contribution in [0, 0.1) is 13.8 Å². The molecule has 4 nitrogen and oxygen atoms in total. The minimum absolute atomic E-state index is 0.0154. The van der Waals surface area contributed by atoms with E-state index in [1.807, 2.05) is 56.3 Å². The van der Waals surface area contributed by atoms with E-state index in [0.29, 0.717) is 26.0 Å². The smallest absolute Gasteiger partial charge is 0.220 e. The van der Waals surface area contributed by atoms with Crippen molar-refractivity contribution in [3.05, 3.63) is 64.7 Å². The van der Waals surface area contributed by atoms with Crippen molar-refractivity contribution in [3.63, 3.8) is 0 Å². The van der Waals surface area contributed by atoms with Crippen molar-refractivity contribution in [2.75, 3.05) is 6.61 Å². The summed E-state index contributed by atoms with van der Waals surface area (Å²) in [5, 5.41) is 12.9. The van der Waals surface area contributed by atoms with Gasteiger partial charge in [0, 0.05) is 13.0 Å². The maximum Gasteiger partial charge on any atom is 0.220 e. The normalized spacial score (nSPS) is 11.3. The van der Waals surface area contributed by atoms with Gasteiger partial charge in [0.25, 0.3) is 0 Å². The van der Waals surface area contributed by atoms with Crippen LogP contribution < -0.4 is 10.1 Å². The summed E-state index contributed by atoms with van der Waals surface area (Å²) in [6.07, 6.45) is 1.12. The number of carbonyl (C=O) groups excluding carboxylic acids is 1. The van der Waals surface area contributed by atoms with Crippen molar-refractivity contribution in [3.8, 4) is 5.75 Å². The predicted octanol–water partition coefficient (Wildman–Crippen LogP) is 4.01. The third-order valence-corrected chi connectivity index (χ3v) is 4.35. The van der Waals surface area contributed by atoms with Crippen LogP contribution in [0.15, 0.2) is 42.5 Å². The number of ether oxygens (including phenoxy) is 1. The van der Waals surface area contributed by atoms with Gasteiger partial charge in [-0.1, -0.05) is 42.5 Å². The number of para-hydroxylation sites is 1. The van der Waals surface area contributed by atoms with Crippen molar-refractivity contribution >= 4 is 5.91 Å². The van der Waals surface area contributed by atoms with Crippen LogP contribution in [-0.2, 0) is 16.9 Å². The van der Waals surface area contributed by atoms with Crippen molar-refractivity contribution in [2.24, 2.45) is 0 Å². The molecule has 0 aliphatic heterocycles. The van der Waals surface area contributed by atoms with Crippen LogP contribution >= 0.6 is 0 Å². The Kier molecular flexibility index (Phi) is 6.81. The topological polar surface area (TPSA) is 58.6 Å². The molecule has 0 atom stereocenters. The Morgan fingerprint density at radius 1 is 1.08 bits per heavy atom. The minimum atomic E-state index is -0.850. The lowest BCUT2D eigenvalue weighted by atomic mass is 9.97. The van der Waals surface area contributed by atoms with E-state index in [-0.39, 0.29) is 5.91 Å². The summed E-state index contributed by atoms with van der Waals surface area (Å²) in [7, 11) is 0. The molecule has 2 aromatic carbocycles. The zero-order valence-corrected chi connectivity index (χ0v) is 16.1. The second-order valence-corrected chi connectivity index (χ2v) is 7.21. The first kappa shape index (κ1) is 20.0. The van der Waals surface area contributed by atoms with Gasteiger partial charge in [-0.25, -0.2) is 0 Å². The molecule has 1 amide bonds. The van der Waals surface area contributed by atoms with Crippen molar-refractivity contribution in [2.45, 2.75) is 52.7 Å². The first-order chi connectivity index (χ1) is 12.3. The van der Waals surface area contributed by atoms with Gasteiger partial charge in [-0.2, -0.15) is 0 Å². The lowest BCUT2D eigenvalue weighted by Gasteiger charge is -2.18. The highest BCUT2D eigenvalue weighted by Crippen LogP contribution is 2.22. The molecule has 0 spiro atoms. The summed E-state index contributed by atoms with van der Waals surface area (Å²) in [6, 6.07) is 13.7. The maximum absolute atomic E-state index is 12.0. The SMILES string of the molecule is Cc1cccc(C)c1OCCCC(=O)NCc1ccc(C(C)(C)O)cc1. The Labute approximate surface area is 156 Å². The van der Waals surface area contributed by atoms with Gasteiger partial charge in [0.05, 0.1) is 12.2 Å². The molecule has 0 aliphatic carbocycles. The van der Waals surface area contributed by atoms with E-state index in [0.717, 1.165) is 28.0 Å². The maximum atomic E-state index is 12.0. The van der Waals surface area contributed by atoms with Crippen LogP contribution in [0.1, 0.15) is 48.9 Å². The Morgan fingerprint density at radius 2 is 1.69 bits per heavy atom. The van der Waals surface area contributed by atoms with Crippen LogP contribution in [0.4, 0.5) is 0 Å². The van der Waals surface area contributed by atoms with E-state index in [4.69, 9.17) is 4.74 Å². The van der Waals surface area contributed by atoms with Crippen molar-refractivity contribution < 1.29 is 14.6 Å². The van der Waals surface area contributed by atoms with Crippen LogP contribution in [0.5, 0.6) is 5.75 Å². The minimum Gasteiger partial charge on any atom is -0.493 e. The monoisotopic (exact) mass is 355 g/mol. The molecule has 2 rings (SSSR count). The Morgan fingerprint density at radius 3 is 2.27 bits per heavy atom. The molecule has 2 N–H and O–H groups in total. The molecule has 26 heavy (non-hydrogen) atoms. The number of carbonyl (C=O) groups is 1. The predicted molar refractivity (Wildman–Crippen MR) is 104 cm³/mol. The third-order valence-electron chi connectivity index (χ3n) is 4.35. The van der Waals surface area contributed by atoms with Crippen molar-refractivity contribution in [1.29, 1.82) is 0 Å². The fourth-order valence-corrected chi connectivity index (χ4v) is 2.75. The number of hydrogen-bond donors (Lipinski definition) is 2. The Hall–Kier alpha value is -2.33. The first-order valence-electron chi connectivity index (χ1n) is 9.05. The number of aryl methyl sites for hydroxylation is 2. The highest BCUT2D eigenvalue weighted by atomic mass is 16.5. The van der Waals surface area contributed by atoms with Crippen molar-refractivity contribution in [1.82, 2.24) is 5.32 Å². The average Bonchev–Trinajstić information content (AvgIpc) is 2.58. The number of hydrogen-bond acceptors (Lipinski definition) is 3. The zero-order chi connectivity index (χ0) is 19.2. The summed E-state index contributed by atoms with van der Waals surface area (Å²) in [4.78, 5) is 12.0.